The third-order valence-corrected chi connectivity index (χ3v) is 9.03. The highest BCUT2D eigenvalue weighted by molar-refractivity contribution is 6.78. The van der Waals surface area contributed by atoms with Crippen molar-refractivity contribution >= 4 is 41.6 Å². The Balaban J connectivity index is 1.72. The molecule has 3 aromatic carbocycles. The van der Waals surface area contributed by atoms with E-state index < -0.39 is 5.41 Å². The Hall–Kier alpha value is -3.25. The number of amides is 1. The average Bonchev–Trinajstić information content (AvgIpc) is 3.33. The van der Waals surface area contributed by atoms with E-state index in [2.05, 4.69) is 38.1 Å². The smallest absolute Gasteiger partial charge is 0.412 e. The number of hydrogen-bond donors (Lipinski definition) is 1. The summed E-state index contributed by atoms with van der Waals surface area (Å²) >= 11 is 6.21. The molecule has 7 heteroatoms. The fourth-order valence-electron chi connectivity index (χ4n) is 6.65. The lowest BCUT2D eigenvalue weighted by Crippen LogP contribution is -2.61. The molecule has 1 N–H and O–H groups in total. The first kappa shape index (κ1) is 27.3. The number of halogens is 1. The van der Waals surface area contributed by atoms with Crippen LogP contribution in [0.2, 0.25) is 0 Å². The summed E-state index contributed by atoms with van der Waals surface area (Å²) in [4.78, 5) is 29.0. The highest BCUT2D eigenvalue weighted by Gasteiger charge is 2.46. The molecule has 1 amide bonds. The topological polar surface area (TPSA) is 58.6 Å². The van der Waals surface area contributed by atoms with Gasteiger partial charge in [-0.05, 0) is 104 Å². The average molecular weight is 543 g/mol. The van der Waals surface area contributed by atoms with Crippen LogP contribution in [0.3, 0.4) is 0 Å². The molecule has 1 aliphatic carbocycles. The Kier molecular flexibility index (Phi) is 7.52. The van der Waals surface area contributed by atoms with Gasteiger partial charge in [-0.2, -0.15) is 0 Å². The van der Waals surface area contributed by atoms with E-state index in [1.807, 2.05) is 54.2 Å². The van der Waals surface area contributed by atoms with Crippen molar-refractivity contribution in [3.05, 3.63) is 93.5 Å². The molecule has 1 heterocycles. The summed E-state index contributed by atoms with van der Waals surface area (Å²) in [6.07, 6.45) is 2.90. The third kappa shape index (κ3) is 4.63. The largest absolute Gasteiger partial charge is 0.469 e. The molecule has 2 atom stereocenters. The van der Waals surface area contributed by atoms with Gasteiger partial charge in [-0.3, -0.25) is 9.59 Å². The van der Waals surface area contributed by atoms with E-state index in [-0.39, 0.29) is 24.9 Å². The number of para-hydroxylation sites is 1. The Morgan fingerprint density at radius 3 is 2.38 bits per heavy atom. The summed E-state index contributed by atoms with van der Waals surface area (Å²) in [5.41, 5.74) is 9.10. The van der Waals surface area contributed by atoms with Crippen LogP contribution in [0, 0.1) is 19.3 Å². The first-order valence-electron chi connectivity index (χ1n) is 13.7. The molecule has 2 aliphatic rings. The first-order valence-corrected chi connectivity index (χ1v) is 14.3. The number of carbonyl (C=O) groups excluding carboxylic acids is 2. The molecular weight excluding hydrogens is 507 g/mol. The van der Waals surface area contributed by atoms with Gasteiger partial charge in [0.25, 0.3) is 0 Å². The predicted molar refractivity (Wildman–Crippen MR) is 159 cm³/mol. The number of rotatable bonds is 7. The van der Waals surface area contributed by atoms with Gasteiger partial charge in [-0.15, -0.1) is 11.6 Å². The maximum absolute atomic E-state index is 14.2. The van der Waals surface area contributed by atoms with Crippen LogP contribution in [0.25, 0.3) is 0 Å². The Labute approximate surface area is 237 Å². The number of fused-ring (bicyclic) bond motifs is 2. The predicted octanol–water partition coefficient (Wildman–Crippen LogP) is 5.78. The van der Waals surface area contributed by atoms with Crippen molar-refractivity contribution < 1.29 is 14.3 Å². The maximum atomic E-state index is 14.2. The van der Waals surface area contributed by atoms with Crippen molar-refractivity contribution in [3.8, 4) is 0 Å². The number of anilines is 1. The zero-order chi connectivity index (χ0) is 27.9. The number of benzene rings is 3. The normalized spacial score (nSPS) is 18.9. The molecule has 0 saturated carbocycles. The highest BCUT2D eigenvalue weighted by Crippen LogP contribution is 2.42. The van der Waals surface area contributed by atoms with E-state index in [4.69, 9.17) is 16.3 Å². The zero-order valence-corrected chi connectivity index (χ0v) is 24.2. The minimum atomic E-state index is -0.603. The van der Waals surface area contributed by atoms with E-state index in [9.17, 15) is 9.59 Å². The van der Waals surface area contributed by atoms with Crippen LogP contribution in [0.1, 0.15) is 70.0 Å². The van der Waals surface area contributed by atoms with E-state index in [0.29, 0.717) is 24.3 Å². The lowest BCUT2D eigenvalue weighted by Gasteiger charge is -2.41. The van der Waals surface area contributed by atoms with Crippen molar-refractivity contribution in [3.63, 3.8) is 0 Å². The van der Waals surface area contributed by atoms with Gasteiger partial charge in [-0.25, -0.2) is 0 Å². The number of alkyl halides is 1. The lowest BCUT2D eigenvalue weighted by molar-refractivity contribution is -0.151. The number of methoxy groups -OCH3 is 1. The van der Waals surface area contributed by atoms with Gasteiger partial charge in [0.1, 0.15) is 0 Å². The van der Waals surface area contributed by atoms with Crippen LogP contribution in [-0.2, 0) is 28.8 Å². The second kappa shape index (κ2) is 10.7. The molecule has 1 unspecified atom stereocenters. The second-order valence-corrected chi connectivity index (χ2v) is 11.6. The van der Waals surface area contributed by atoms with Crippen molar-refractivity contribution in [1.29, 1.82) is 0 Å². The van der Waals surface area contributed by atoms with Crippen LogP contribution in [0.5, 0.6) is 0 Å². The van der Waals surface area contributed by atoms with Gasteiger partial charge in [0.05, 0.1) is 18.1 Å². The standard InChI is InChI=1S/C32H36BClN2O3/c1-20-24(15-11-17-34)29(21(2)27-19-32(4,18-26(20)27)31(38)39-5)33-35-28-16-10-9-14-25(28)30(37)36(33)22(3)23-12-7-6-8-13-23/h6-10,12-14,16,22,35H,11,15,17-19H2,1-5H3/t22-,32?/m1/s1. The SMILES string of the molecule is COC(=O)C1(C)Cc2c(C)c(CCCCl)c(B3Nc4ccccc4C(=O)N3[C@H](C)c3ccccc3)c(C)c2C1. The molecule has 0 saturated heterocycles. The minimum Gasteiger partial charge on any atom is -0.469 e. The van der Waals surface area contributed by atoms with Gasteiger partial charge < -0.3 is 14.8 Å². The monoisotopic (exact) mass is 542 g/mol. The van der Waals surface area contributed by atoms with Crippen LogP contribution in [0.15, 0.2) is 54.6 Å². The van der Waals surface area contributed by atoms with Crippen LogP contribution >= 0.6 is 11.6 Å². The molecule has 3 aromatic rings. The number of ether oxygens (including phenoxy) is 1. The van der Waals surface area contributed by atoms with Crippen molar-refractivity contribution in [2.45, 2.75) is 59.4 Å². The van der Waals surface area contributed by atoms with Gasteiger partial charge in [0, 0.05) is 17.6 Å². The lowest BCUT2D eigenvalue weighted by atomic mass is 9.57. The quantitative estimate of drug-likeness (QED) is 0.234. The zero-order valence-electron chi connectivity index (χ0n) is 23.4. The second-order valence-electron chi connectivity index (χ2n) is 11.2. The van der Waals surface area contributed by atoms with Crippen LogP contribution in [-0.4, -0.2) is 36.7 Å². The van der Waals surface area contributed by atoms with Gasteiger partial charge in [0.2, 0.25) is 5.91 Å². The molecule has 0 bridgehead atoms. The third-order valence-electron chi connectivity index (χ3n) is 8.76. The fraction of sp³-hybridized carbons (Fsp3) is 0.375. The Morgan fingerprint density at radius 2 is 1.72 bits per heavy atom. The highest BCUT2D eigenvalue weighted by atomic mass is 35.5. The molecule has 5 rings (SSSR count). The number of nitrogens with one attached hydrogen (secondary N) is 1. The summed E-state index contributed by atoms with van der Waals surface area (Å²) < 4.78 is 5.22. The first-order chi connectivity index (χ1) is 18.7. The van der Waals surface area contributed by atoms with E-state index >= 15 is 0 Å². The van der Waals surface area contributed by atoms with Crippen molar-refractivity contribution in [2.24, 2.45) is 5.41 Å². The molecule has 5 nitrogen and oxygen atoms in total. The Morgan fingerprint density at radius 1 is 1.08 bits per heavy atom. The molecule has 0 radical (unpaired) electrons. The summed E-state index contributed by atoms with van der Waals surface area (Å²) in [6.45, 7) is 8.04. The van der Waals surface area contributed by atoms with Crippen LogP contribution in [0.4, 0.5) is 5.69 Å². The number of esters is 1. The molecule has 0 fully saturated rings. The summed E-state index contributed by atoms with van der Waals surface area (Å²) in [7, 11) is 1.46. The van der Waals surface area contributed by atoms with Crippen LogP contribution < -0.4 is 10.7 Å². The van der Waals surface area contributed by atoms with Gasteiger partial charge >= 0.3 is 13.0 Å². The summed E-state index contributed by atoms with van der Waals surface area (Å²) in [5, 5.41) is 3.76. The molecule has 1 aliphatic heterocycles. The van der Waals surface area contributed by atoms with E-state index in [1.165, 1.54) is 29.4 Å². The van der Waals surface area contributed by atoms with Crippen molar-refractivity contribution in [2.75, 3.05) is 18.2 Å². The number of carbonyl (C=O) groups is 2. The Bertz CT molecular complexity index is 1430. The molecular formula is C32H36BClN2O3. The molecule has 202 valence electrons. The molecule has 0 aromatic heterocycles. The molecule has 0 spiro atoms. The molecule has 39 heavy (non-hydrogen) atoms. The van der Waals surface area contributed by atoms with Crippen molar-refractivity contribution in [1.82, 2.24) is 4.81 Å². The van der Waals surface area contributed by atoms with Gasteiger partial charge in [-0.1, -0.05) is 42.5 Å². The fourth-order valence-corrected chi connectivity index (χ4v) is 6.78. The summed E-state index contributed by atoms with van der Waals surface area (Å²) in [5.74, 6) is 0.380. The number of hydrogen-bond acceptors (Lipinski definition) is 4. The van der Waals surface area contributed by atoms with Gasteiger partial charge in [0.15, 0.2) is 0 Å². The van der Waals surface area contributed by atoms with E-state index in [0.717, 1.165) is 35.1 Å². The van der Waals surface area contributed by atoms with E-state index in [1.54, 1.807) is 0 Å². The maximum Gasteiger partial charge on any atom is 0.412 e. The minimum absolute atomic E-state index is 0.00551. The summed E-state index contributed by atoms with van der Waals surface area (Å²) in [6, 6.07) is 17.8. The number of nitrogens with zero attached hydrogens (tertiary/aromatic N) is 1.